The lowest BCUT2D eigenvalue weighted by atomic mass is 9.81. The Hall–Kier alpha value is -5.59. The van der Waals surface area contributed by atoms with Gasteiger partial charge in [0.05, 0.1) is 0 Å². The second-order valence-corrected chi connectivity index (χ2v) is 13.1. The minimum absolute atomic E-state index is 0.0429. The van der Waals surface area contributed by atoms with Crippen LogP contribution in [0.1, 0.15) is 60.9 Å². The highest BCUT2D eigenvalue weighted by atomic mass is 16.4. The number of likely N-dealkylation sites (tertiary alicyclic amines) is 1. The minimum atomic E-state index is -1.05. The molecule has 13 nitrogen and oxygen atoms in total. The number of piperidine rings is 1. The SMILES string of the molecule is O=C(O)NC[C@H]1CC[C@H](C(=O)N[C@@H](Cc2ccc(-c3ccccc3C(=O)N3CCCCC3)cc2)C(=O)Nc2ccc(-c3nn[nH]n3)cc2)CC1. The van der Waals surface area contributed by atoms with E-state index in [1.807, 2.05) is 53.4 Å². The zero-order chi connectivity index (χ0) is 34.9. The molecular weight excluding hydrogens is 636 g/mol. The number of carbonyl (C=O) groups excluding carboxylic acids is 3. The highest BCUT2D eigenvalue weighted by Crippen LogP contribution is 2.30. The molecule has 1 aromatic heterocycles. The summed E-state index contributed by atoms with van der Waals surface area (Å²) in [6.45, 7) is 1.91. The molecule has 1 saturated heterocycles. The summed E-state index contributed by atoms with van der Waals surface area (Å²) in [5.41, 5.74) is 4.56. The summed E-state index contributed by atoms with van der Waals surface area (Å²) in [4.78, 5) is 53.5. The summed E-state index contributed by atoms with van der Waals surface area (Å²) >= 11 is 0. The number of hydrogen-bond donors (Lipinski definition) is 5. The molecule has 260 valence electrons. The Morgan fingerprint density at radius 3 is 2.24 bits per heavy atom. The standard InChI is InChI=1S/C37H42N8O5/c46-34(28-14-10-25(11-15-28)23-38-37(49)50)40-32(35(47)39-29-18-16-27(17-19-29)33-41-43-44-42-33)22-24-8-12-26(13-9-24)30-6-2-3-7-31(30)36(48)45-20-4-1-5-21-45/h2-3,6-9,12-13,16-19,25,28,32,38H,1,4-5,10-11,14-15,20-23H2,(H,39,47)(H,40,46)(H,49,50)(H,41,42,43,44)/t25-,28-,32-/m0/s1. The third-order valence-electron chi connectivity index (χ3n) is 9.65. The molecule has 6 rings (SSSR count). The lowest BCUT2D eigenvalue weighted by Crippen LogP contribution is -2.48. The van der Waals surface area contributed by atoms with E-state index in [9.17, 15) is 19.2 Å². The fraction of sp³-hybridized carbons (Fsp3) is 0.378. The Balaban J connectivity index is 1.16. The highest BCUT2D eigenvalue weighted by Gasteiger charge is 2.30. The van der Waals surface area contributed by atoms with Crippen molar-refractivity contribution < 1.29 is 24.3 Å². The Kier molecular flexibility index (Phi) is 11.1. The molecule has 0 spiro atoms. The zero-order valence-electron chi connectivity index (χ0n) is 27.8. The number of aromatic amines is 1. The number of amides is 4. The number of carboxylic acid groups (broad SMARTS) is 1. The van der Waals surface area contributed by atoms with Gasteiger partial charge in [0, 0.05) is 48.8 Å². The van der Waals surface area contributed by atoms with Crippen LogP contribution in [0.4, 0.5) is 10.5 Å². The van der Waals surface area contributed by atoms with E-state index < -0.39 is 12.1 Å². The molecule has 50 heavy (non-hydrogen) atoms. The van der Waals surface area contributed by atoms with Gasteiger partial charge in [-0.2, -0.15) is 5.21 Å². The van der Waals surface area contributed by atoms with Gasteiger partial charge in [0.2, 0.25) is 17.6 Å². The second-order valence-electron chi connectivity index (χ2n) is 13.1. The van der Waals surface area contributed by atoms with Gasteiger partial charge in [0.15, 0.2) is 0 Å². The van der Waals surface area contributed by atoms with Crippen molar-refractivity contribution in [3.05, 3.63) is 83.9 Å². The average molecular weight is 679 g/mol. The maximum Gasteiger partial charge on any atom is 0.404 e. The molecule has 2 fully saturated rings. The summed E-state index contributed by atoms with van der Waals surface area (Å²) in [7, 11) is 0. The number of nitrogens with zero attached hydrogens (tertiary/aromatic N) is 4. The largest absolute Gasteiger partial charge is 0.465 e. The van der Waals surface area contributed by atoms with Crippen molar-refractivity contribution >= 4 is 29.5 Å². The molecule has 4 amide bonds. The van der Waals surface area contributed by atoms with Crippen LogP contribution in [0, 0.1) is 11.8 Å². The monoisotopic (exact) mass is 678 g/mol. The van der Waals surface area contributed by atoms with Crippen LogP contribution in [0.2, 0.25) is 0 Å². The maximum atomic E-state index is 13.7. The topological polar surface area (TPSA) is 182 Å². The highest BCUT2D eigenvalue weighted by molar-refractivity contribution is 6.01. The van der Waals surface area contributed by atoms with E-state index >= 15 is 0 Å². The first-order chi connectivity index (χ1) is 24.3. The van der Waals surface area contributed by atoms with Gasteiger partial charge in [0.25, 0.3) is 5.91 Å². The Labute approximate surface area is 290 Å². The first-order valence-corrected chi connectivity index (χ1v) is 17.2. The third kappa shape index (κ3) is 8.70. The fourth-order valence-corrected chi connectivity index (χ4v) is 6.82. The van der Waals surface area contributed by atoms with Crippen LogP contribution in [0.5, 0.6) is 0 Å². The number of tetrazole rings is 1. The third-order valence-corrected chi connectivity index (χ3v) is 9.65. The van der Waals surface area contributed by atoms with Gasteiger partial charge >= 0.3 is 6.09 Å². The van der Waals surface area contributed by atoms with Crippen LogP contribution in [0.3, 0.4) is 0 Å². The summed E-state index contributed by atoms with van der Waals surface area (Å²) in [6, 6.07) is 21.6. The number of anilines is 1. The molecule has 0 unspecified atom stereocenters. The van der Waals surface area contributed by atoms with Crippen LogP contribution in [-0.2, 0) is 16.0 Å². The molecule has 0 radical (unpaired) electrons. The predicted molar refractivity (Wildman–Crippen MR) is 187 cm³/mol. The van der Waals surface area contributed by atoms with Crippen LogP contribution < -0.4 is 16.0 Å². The smallest absolute Gasteiger partial charge is 0.404 e. The zero-order valence-corrected chi connectivity index (χ0v) is 27.8. The summed E-state index contributed by atoms with van der Waals surface area (Å²) in [5, 5.41) is 31.3. The average Bonchev–Trinajstić information content (AvgIpc) is 3.70. The summed E-state index contributed by atoms with van der Waals surface area (Å²) in [5.74, 6) is -0.152. The fourth-order valence-electron chi connectivity index (χ4n) is 6.82. The van der Waals surface area contributed by atoms with E-state index in [1.54, 1.807) is 24.3 Å². The van der Waals surface area contributed by atoms with Crippen molar-refractivity contribution in [1.82, 2.24) is 36.2 Å². The van der Waals surface area contributed by atoms with Crippen molar-refractivity contribution in [2.75, 3.05) is 25.0 Å². The van der Waals surface area contributed by atoms with Gasteiger partial charge in [-0.3, -0.25) is 14.4 Å². The van der Waals surface area contributed by atoms with Crippen molar-refractivity contribution in [3.63, 3.8) is 0 Å². The molecule has 3 aromatic carbocycles. The molecule has 1 aliphatic heterocycles. The minimum Gasteiger partial charge on any atom is -0.465 e. The van der Waals surface area contributed by atoms with Crippen LogP contribution >= 0.6 is 0 Å². The molecule has 5 N–H and O–H groups in total. The first kappa shape index (κ1) is 34.3. The van der Waals surface area contributed by atoms with Crippen molar-refractivity contribution in [3.8, 4) is 22.5 Å². The molecular formula is C37H42N8O5. The van der Waals surface area contributed by atoms with Crippen LogP contribution in [0.15, 0.2) is 72.8 Å². The molecule has 13 heteroatoms. The summed E-state index contributed by atoms with van der Waals surface area (Å²) in [6.07, 6.45) is 5.08. The maximum absolute atomic E-state index is 13.7. The van der Waals surface area contributed by atoms with E-state index in [0.29, 0.717) is 36.5 Å². The Morgan fingerprint density at radius 1 is 0.860 bits per heavy atom. The molecule has 2 heterocycles. The number of rotatable bonds is 11. The number of carbonyl (C=O) groups is 4. The quantitative estimate of drug-likeness (QED) is 0.148. The Morgan fingerprint density at radius 2 is 1.56 bits per heavy atom. The van der Waals surface area contributed by atoms with E-state index in [-0.39, 0.29) is 36.0 Å². The Bertz CT molecular complexity index is 1760. The molecule has 1 saturated carbocycles. The number of aromatic nitrogens is 4. The number of benzene rings is 3. The van der Waals surface area contributed by atoms with Gasteiger partial charge in [-0.25, -0.2) is 4.79 Å². The molecule has 1 atom stereocenters. The van der Waals surface area contributed by atoms with Gasteiger partial charge in [-0.1, -0.05) is 42.5 Å². The van der Waals surface area contributed by atoms with Crippen molar-refractivity contribution in [2.24, 2.45) is 11.8 Å². The van der Waals surface area contributed by atoms with Gasteiger partial charge < -0.3 is 26.0 Å². The number of hydrogen-bond acceptors (Lipinski definition) is 7. The van der Waals surface area contributed by atoms with E-state index in [0.717, 1.165) is 67.4 Å². The molecule has 4 aromatic rings. The molecule has 1 aliphatic carbocycles. The normalized spacial score (nSPS) is 18.1. The first-order valence-electron chi connectivity index (χ1n) is 17.2. The van der Waals surface area contributed by atoms with Gasteiger partial charge in [-0.05, 0) is 103 Å². The van der Waals surface area contributed by atoms with E-state index in [2.05, 4.69) is 36.6 Å². The number of nitrogens with one attached hydrogen (secondary N) is 4. The second kappa shape index (κ2) is 16.2. The lowest BCUT2D eigenvalue weighted by Gasteiger charge is -2.29. The van der Waals surface area contributed by atoms with Gasteiger partial charge in [-0.15, -0.1) is 10.2 Å². The summed E-state index contributed by atoms with van der Waals surface area (Å²) < 4.78 is 0. The van der Waals surface area contributed by atoms with Crippen molar-refractivity contribution in [2.45, 2.75) is 57.4 Å². The molecule has 0 bridgehead atoms. The lowest BCUT2D eigenvalue weighted by molar-refractivity contribution is -0.130. The molecule has 2 aliphatic rings. The van der Waals surface area contributed by atoms with E-state index in [1.165, 1.54) is 0 Å². The van der Waals surface area contributed by atoms with Crippen LogP contribution in [0.25, 0.3) is 22.5 Å². The van der Waals surface area contributed by atoms with Crippen molar-refractivity contribution in [1.29, 1.82) is 0 Å². The van der Waals surface area contributed by atoms with Crippen LogP contribution in [-0.4, -0.2) is 80.1 Å². The number of H-pyrrole nitrogens is 1. The van der Waals surface area contributed by atoms with Gasteiger partial charge in [0.1, 0.15) is 6.04 Å². The van der Waals surface area contributed by atoms with E-state index in [4.69, 9.17) is 5.11 Å². The predicted octanol–water partition coefficient (Wildman–Crippen LogP) is 4.90.